The molecule has 0 heterocycles. The van der Waals surface area contributed by atoms with Gasteiger partial charge in [0.2, 0.25) is 0 Å². The van der Waals surface area contributed by atoms with Gasteiger partial charge in [-0.25, -0.2) is 4.79 Å². The molecule has 0 fully saturated rings. The quantitative estimate of drug-likeness (QED) is 0.497. The van der Waals surface area contributed by atoms with Crippen LogP contribution in [-0.4, -0.2) is 12.1 Å². The minimum absolute atomic E-state index is 0.0270. The Morgan fingerprint density at radius 3 is 2.07 bits per heavy atom. The number of carbonyl (C=O) groups is 1. The zero-order valence-electron chi connectivity index (χ0n) is 10.7. The first-order valence-electron chi connectivity index (χ1n) is 5.80. The molecule has 0 radical (unpaired) electrons. The Balaban J connectivity index is 4.46. The van der Waals surface area contributed by atoms with Crippen LogP contribution in [0.1, 0.15) is 47.5 Å². The van der Waals surface area contributed by atoms with Gasteiger partial charge in [-0.2, -0.15) is 0 Å². The van der Waals surface area contributed by atoms with Crippen LogP contribution in [-0.2, 0) is 9.53 Å². The van der Waals surface area contributed by atoms with Crippen LogP contribution < -0.4 is 0 Å². The summed E-state index contributed by atoms with van der Waals surface area (Å²) in [4.78, 5) is 11.4. The highest BCUT2D eigenvalue weighted by Gasteiger charge is 2.24. The number of carbonyl (C=O) groups excluding carboxylic acids is 1. The lowest BCUT2D eigenvalue weighted by Gasteiger charge is -2.28. The monoisotopic (exact) mass is 212 g/mol. The van der Waals surface area contributed by atoms with E-state index < -0.39 is 0 Å². The smallest absolute Gasteiger partial charge is 0.333 e. The van der Waals surface area contributed by atoms with E-state index in [9.17, 15) is 4.79 Å². The molecular weight excluding hydrogens is 188 g/mol. The third kappa shape index (κ3) is 4.50. The van der Waals surface area contributed by atoms with E-state index >= 15 is 0 Å². The number of ether oxygens (including phenoxy) is 1. The Morgan fingerprint density at radius 1 is 1.27 bits per heavy atom. The van der Waals surface area contributed by atoms with Crippen LogP contribution in [0.2, 0.25) is 0 Å². The minimum Gasteiger partial charge on any atom is -0.459 e. The van der Waals surface area contributed by atoms with Crippen molar-refractivity contribution in [2.24, 2.45) is 11.8 Å². The van der Waals surface area contributed by atoms with E-state index in [1.807, 2.05) is 0 Å². The maximum atomic E-state index is 11.4. The number of esters is 1. The summed E-state index contributed by atoms with van der Waals surface area (Å²) in [6.07, 6.45) is 1.94. The van der Waals surface area contributed by atoms with Crippen molar-refractivity contribution < 1.29 is 9.53 Å². The van der Waals surface area contributed by atoms with E-state index in [-0.39, 0.29) is 12.1 Å². The molecule has 2 nitrogen and oxygen atoms in total. The molecule has 2 atom stereocenters. The standard InChI is InChI=1S/C13H24O2/c1-7-11(9(3)4)12(8-2)15-13(14)10(5)6/h9,11-12H,5,7-8H2,1-4,6H3. The maximum absolute atomic E-state index is 11.4. The lowest BCUT2D eigenvalue weighted by atomic mass is 9.86. The molecule has 0 saturated heterocycles. The largest absolute Gasteiger partial charge is 0.459 e. The molecule has 0 spiro atoms. The van der Waals surface area contributed by atoms with Gasteiger partial charge < -0.3 is 4.74 Å². The second-order valence-electron chi connectivity index (χ2n) is 4.45. The molecule has 0 amide bonds. The molecule has 0 aliphatic heterocycles. The Morgan fingerprint density at radius 2 is 1.80 bits per heavy atom. The Bertz CT molecular complexity index is 219. The summed E-state index contributed by atoms with van der Waals surface area (Å²) in [6, 6.07) is 0. The van der Waals surface area contributed by atoms with E-state index in [4.69, 9.17) is 4.74 Å². The van der Waals surface area contributed by atoms with Crippen molar-refractivity contribution in [2.75, 3.05) is 0 Å². The molecule has 0 aromatic rings. The zero-order chi connectivity index (χ0) is 12.0. The molecule has 0 bridgehead atoms. The molecule has 0 rings (SSSR count). The molecule has 2 heteroatoms. The molecule has 0 saturated carbocycles. The Hall–Kier alpha value is -0.790. The highest BCUT2D eigenvalue weighted by atomic mass is 16.5. The molecule has 0 aromatic carbocycles. The maximum Gasteiger partial charge on any atom is 0.333 e. The molecule has 0 N–H and O–H groups in total. The lowest BCUT2D eigenvalue weighted by molar-refractivity contribution is -0.148. The van der Waals surface area contributed by atoms with Gasteiger partial charge in [-0.1, -0.05) is 34.3 Å². The molecule has 0 aliphatic rings. The Labute approximate surface area is 93.7 Å². The van der Waals surface area contributed by atoms with Crippen molar-refractivity contribution in [2.45, 2.75) is 53.6 Å². The fourth-order valence-corrected chi connectivity index (χ4v) is 1.88. The third-order valence-corrected chi connectivity index (χ3v) is 2.81. The van der Waals surface area contributed by atoms with E-state index in [0.717, 1.165) is 12.8 Å². The summed E-state index contributed by atoms with van der Waals surface area (Å²) < 4.78 is 5.44. The van der Waals surface area contributed by atoms with E-state index in [1.165, 1.54) is 0 Å². The van der Waals surface area contributed by atoms with E-state index in [0.29, 0.717) is 17.4 Å². The van der Waals surface area contributed by atoms with Crippen LogP contribution in [0.3, 0.4) is 0 Å². The first-order valence-corrected chi connectivity index (χ1v) is 5.80. The average molecular weight is 212 g/mol. The summed E-state index contributed by atoms with van der Waals surface area (Å²) in [7, 11) is 0. The second-order valence-corrected chi connectivity index (χ2v) is 4.45. The van der Waals surface area contributed by atoms with Crippen LogP contribution in [0.5, 0.6) is 0 Å². The van der Waals surface area contributed by atoms with Gasteiger partial charge in [0.1, 0.15) is 6.10 Å². The van der Waals surface area contributed by atoms with Gasteiger partial charge >= 0.3 is 5.97 Å². The summed E-state index contributed by atoms with van der Waals surface area (Å²) in [5, 5.41) is 0. The van der Waals surface area contributed by atoms with Crippen LogP contribution in [0.25, 0.3) is 0 Å². The number of hydrogen-bond donors (Lipinski definition) is 0. The molecule has 0 aromatic heterocycles. The predicted molar refractivity (Wildman–Crippen MR) is 63.6 cm³/mol. The van der Waals surface area contributed by atoms with Gasteiger partial charge in [-0.3, -0.25) is 0 Å². The zero-order valence-corrected chi connectivity index (χ0v) is 10.7. The minimum atomic E-state index is -0.263. The van der Waals surface area contributed by atoms with Gasteiger partial charge in [0.25, 0.3) is 0 Å². The van der Waals surface area contributed by atoms with Gasteiger partial charge in [0.05, 0.1) is 0 Å². The fraction of sp³-hybridized carbons (Fsp3) is 0.769. The number of hydrogen-bond acceptors (Lipinski definition) is 2. The molecule has 0 aliphatic carbocycles. The lowest BCUT2D eigenvalue weighted by Crippen LogP contribution is -2.29. The van der Waals surface area contributed by atoms with Crippen molar-refractivity contribution in [3.05, 3.63) is 12.2 Å². The SMILES string of the molecule is C=C(C)C(=O)OC(CC)C(CC)C(C)C. The first-order chi connectivity index (χ1) is 6.93. The van der Waals surface area contributed by atoms with Crippen LogP contribution in [0.15, 0.2) is 12.2 Å². The van der Waals surface area contributed by atoms with E-state index in [1.54, 1.807) is 6.92 Å². The van der Waals surface area contributed by atoms with Crippen molar-refractivity contribution in [1.82, 2.24) is 0 Å². The van der Waals surface area contributed by atoms with Crippen molar-refractivity contribution in [3.8, 4) is 0 Å². The highest BCUT2D eigenvalue weighted by Crippen LogP contribution is 2.24. The van der Waals surface area contributed by atoms with Crippen molar-refractivity contribution in [1.29, 1.82) is 0 Å². The van der Waals surface area contributed by atoms with Crippen LogP contribution in [0, 0.1) is 11.8 Å². The van der Waals surface area contributed by atoms with Crippen molar-refractivity contribution >= 4 is 5.97 Å². The Kier molecular flexibility index (Phi) is 6.30. The van der Waals surface area contributed by atoms with Crippen molar-refractivity contribution in [3.63, 3.8) is 0 Å². The normalized spacial score (nSPS) is 14.8. The van der Waals surface area contributed by atoms with E-state index in [2.05, 4.69) is 34.3 Å². The fourth-order valence-electron chi connectivity index (χ4n) is 1.88. The molecule has 2 unspecified atom stereocenters. The molecule has 88 valence electrons. The van der Waals surface area contributed by atoms with Crippen LogP contribution in [0.4, 0.5) is 0 Å². The van der Waals surface area contributed by atoms with Gasteiger partial charge in [-0.15, -0.1) is 0 Å². The molecule has 15 heavy (non-hydrogen) atoms. The van der Waals surface area contributed by atoms with Gasteiger partial charge in [0.15, 0.2) is 0 Å². The second kappa shape index (κ2) is 6.65. The van der Waals surface area contributed by atoms with Crippen LogP contribution >= 0.6 is 0 Å². The topological polar surface area (TPSA) is 26.3 Å². The summed E-state index contributed by atoms with van der Waals surface area (Å²) >= 11 is 0. The third-order valence-electron chi connectivity index (χ3n) is 2.81. The number of rotatable bonds is 6. The predicted octanol–water partition coefficient (Wildman–Crippen LogP) is 3.57. The van der Waals surface area contributed by atoms with Gasteiger partial charge in [0, 0.05) is 5.57 Å². The first kappa shape index (κ1) is 14.2. The highest BCUT2D eigenvalue weighted by molar-refractivity contribution is 5.87. The molecular formula is C13H24O2. The average Bonchev–Trinajstić information content (AvgIpc) is 2.16. The van der Waals surface area contributed by atoms with Gasteiger partial charge in [-0.05, 0) is 31.6 Å². The summed E-state index contributed by atoms with van der Waals surface area (Å²) in [5.41, 5.74) is 0.479. The summed E-state index contributed by atoms with van der Waals surface area (Å²) in [5.74, 6) is 0.720. The summed E-state index contributed by atoms with van der Waals surface area (Å²) in [6.45, 7) is 13.8.